The zero-order valence-corrected chi connectivity index (χ0v) is 17.0. The Kier molecular flexibility index (Phi) is 5.11. The van der Waals surface area contributed by atoms with E-state index in [1.807, 2.05) is 53.9 Å². The molecule has 28 heavy (non-hydrogen) atoms. The summed E-state index contributed by atoms with van der Waals surface area (Å²) < 4.78 is 7.47. The molecule has 142 valence electrons. The first-order valence-electron chi connectivity index (χ1n) is 8.88. The molecule has 0 spiro atoms. The van der Waals surface area contributed by atoms with Crippen molar-refractivity contribution in [2.24, 2.45) is 4.99 Å². The third kappa shape index (κ3) is 3.27. The Morgan fingerprint density at radius 1 is 1.25 bits per heavy atom. The number of rotatable bonds is 4. The number of allylic oxidation sites excluding steroid dienone is 1. The minimum atomic E-state index is -0.520. The number of carbonyl (C=O) groups is 1. The van der Waals surface area contributed by atoms with Crippen LogP contribution in [0, 0.1) is 0 Å². The second-order valence-electron chi connectivity index (χ2n) is 6.23. The van der Waals surface area contributed by atoms with Crippen LogP contribution < -0.4 is 14.9 Å². The van der Waals surface area contributed by atoms with Crippen LogP contribution >= 0.6 is 22.7 Å². The van der Waals surface area contributed by atoms with Gasteiger partial charge in [0.15, 0.2) is 4.80 Å². The van der Waals surface area contributed by atoms with Crippen molar-refractivity contribution < 1.29 is 9.53 Å². The van der Waals surface area contributed by atoms with Crippen molar-refractivity contribution in [3.63, 3.8) is 0 Å². The molecule has 2 aromatic heterocycles. The lowest BCUT2D eigenvalue weighted by Crippen LogP contribution is -2.39. The first-order valence-corrected chi connectivity index (χ1v) is 10.6. The summed E-state index contributed by atoms with van der Waals surface area (Å²) in [7, 11) is 0. The van der Waals surface area contributed by atoms with Crippen LogP contribution in [-0.4, -0.2) is 17.1 Å². The Labute approximate surface area is 169 Å². The number of hydrogen-bond donors (Lipinski definition) is 0. The molecule has 0 saturated carbocycles. The smallest absolute Gasteiger partial charge is 0.338 e. The van der Waals surface area contributed by atoms with Crippen molar-refractivity contribution in [3.05, 3.63) is 89.2 Å². The number of hydrogen-bond acceptors (Lipinski definition) is 6. The number of thiazole rings is 1. The first kappa shape index (κ1) is 18.6. The second-order valence-corrected chi connectivity index (χ2v) is 8.22. The fourth-order valence-electron chi connectivity index (χ4n) is 3.21. The van der Waals surface area contributed by atoms with Crippen LogP contribution in [-0.2, 0) is 9.53 Å². The average molecular weight is 411 g/mol. The van der Waals surface area contributed by atoms with Gasteiger partial charge in [0.05, 0.1) is 22.4 Å². The van der Waals surface area contributed by atoms with Gasteiger partial charge in [0.25, 0.3) is 5.56 Å². The third-order valence-corrected chi connectivity index (χ3v) is 6.33. The van der Waals surface area contributed by atoms with Gasteiger partial charge in [-0.3, -0.25) is 9.36 Å². The largest absolute Gasteiger partial charge is 0.463 e. The summed E-state index contributed by atoms with van der Waals surface area (Å²) in [4.78, 5) is 32.0. The average Bonchev–Trinajstić information content (AvgIpc) is 3.31. The Hall–Kier alpha value is -2.77. The summed E-state index contributed by atoms with van der Waals surface area (Å²) in [6.45, 7) is 3.83. The topological polar surface area (TPSA) is 60.7 Å². The van der Waals surface area contributed by atoms with Crippen LogP contribution in [0.15, 0.2) is 68.9 Å². The van der Waals surface area contributed by atoms with Gasteiger partial charge >= 0.3 is 5.97 Å². The van der Waals surface area contributed by atoms with E-state index in [-0.39, 0.29) is 12.2 Å². The van der Waals surface area contributed by atoms with Gasteiger partial charge in [-0.2, -0.15) is 0 Å². The Morgan fingerprint density at radius 2 is 2.04 bits per heavy atom. The minimum Gasteiger partial charge on any atom is -0.463 e. The summed E-state index contributed by atoms with van der Waals surface area (Å²) in [6, 6.07) is 13.0. The normalized spacial score (nSPS) is 16.6. The highest BCUT2D eigenvalue weighted by Crippen LogP contribution is 2.33. The van der Waals surface area contributed by atoms with E-state index in [4.69, 9.17) is 4.74 Å². The molecular weight excluding hydrogens is 392 g/mol. The van der Waals surface area contributed by atoms with Crippen molar-refractivity contribution in [2.75, 3.05) is 6.61 Å². The third-order valence-electron chi connectivity index (χ3n) is 4.43. The highest BCUT2D eigenvalue weighted by Gasteiger charge is 2.33. The van der Waals surface area contributed by atoms with Gasteiger partial charge < -0.3 is 4.74 Å². The molecule has 0 saturated heterocycles. The molecule has 0 amide bonds. The van der Waals surface area contributed by atoms with E-state index in [1.54, 1.807) is 18.4 Å². The standard InChI is InChI=1S/C21H18N2O3S2/c1-3-26-20(25)17-13(2)22-21-23(18(17)15-10-7-11-27-15)19(24)16(28-21)12-14-8-5-4-6-9-14/h4-12,18H,3H2,1-2H3/b16-12-. The molecule has 0 bridgehead atoms. The lowest BCUT2D eigenvalue weighted by atomic mass is 10.0. The number of carbonyl (C=O) groups excluding carboxylic acids is 1. The van der Waals surface area contributed by atoms with Crippen molar-refractivity contribution in [1.29, 1.82) is 0 Å². The lowest BCUT2D eigenvalue weighted by molar-refractivity contribution is -0.139. The summed E-state index contributed by atoms with van der Waals surface area (Å²) in [6.07, 6.45) is 1.86. The molecule has 5 nitrogen and oxygen atoms in total. The monoisotopic (exact) mass is 410 g/mol. The molecule has 4 rings (SSSR count). The Bertz CT molecular complexity index is 1220. The highest BCUT2D eigenvalue weighted by atomic mass is 32.1. The quantitative estimate of drug-likeness (QED) is 0.622. The maximum Gasteiger partial charge on any atom is 0.338 e. The molecule has 0 fully saturated rings. The van der Waals surface area contributed by atoms with Gasteiger partial charge in [-0.15, -0.1) is 11.3 Å². The molecule has 1 atom stereocenters. The van der Waals surface area contributed by atoms with Gasteiger partial charge in [0.1, 0.15) is 6.04 Å². The number of fused-ring (bicyclic) bond motifs is 1. The molecule has 7 heteroatoms. The summed E-state index contributed by atoms with van der Waals surface area (Å²) in [5.74, 6) is -0.431. The maximum absolute atomic E-state index is 13.3. The van der Waals surface area contributed by atoms with Crippen molar-refractivity contribution >= 4 is 34.7 Å². The number of aromatic nitrogens is 1. The Balaban J connectivity index is 1.95. The summed E-state index contributed by atoms with van der Waals surface area (Å²) in [5.41, 5.74) is 1.80. The Morgan fingerprint density at radius 3 is 2.71 bits per heavy atom. The molecule has 1 aliphatic rings. The summed E-state index contributed by atoms with van der Waals surface area (Å²) >= 11 is 2.84. The molecule has 0 radical (unpaired) electrons. The van der Waals surface area contributed by atoms with Crippen molar-refractivity contribution in [3.8, 4) is 0 Å². The molecule has 3 heterocycles. The van der Waals surface area contributed by atoms with E-state index in [1.165, 1.54) is 22.7 Å². The van der Waals surface area contributed by atoms with Crippen LogP contribution in [0.1, 0.15) is 30.3 Å². The molecule has 1 unspecified atom stereocenters. The summed E-state index contributed by atoms with van der Waals surface area (Å²) in [5, 5.41) is 1.94. The molecule has 1 aromatic carbocycles. The van der Waals surface area contributed by atoms with Gasteiger partial charge in [0, 0.05) is 4.88 Å². The highest BCUT2D eigenvalue weighted by molar-refractivity contribution is 7.10. The fourth-order valence-corrected chi connectivity index (χ4v) is 5.08. The van der Waals surface area contributed by atoms with Crippen molar-refractivity contribution in [1.82, 2.24) is 4.57 Å². The molecule has 0 aliphatic carbocycles. The lowest BCUT2D eigenvalue weighted by Gasteiger charge is -2.23. The van der Waals surface area contributed by atoms with Gasteiger partial charge in [0.2, 0.25) is 0 Å². The van der Waals surface area contributed by atoms with E-state index >= 15 is 0 Å². The minimum absolute atomic E-state index is 0.152. The van der Waals surface area contributed by atoms with Crippen LogP contribution in [0.5, 0.6) is 0 Å². The molecular formula is C21H18N2O3S2. The van der Waals surface area contributed by atoms with Crippen LogP contribution in [0.4, 0.5) is 0 Å². The second kappa shape index (κ2) is 7.69. The first-order chi connectivity index (χ1) is 13.6. The SMILES string of the molecule is CCOC(=O)C1=C(C)N=c2s/c(=C\c3ccccc3)c(=O)n2C1c1cccs1. The number of ether oxygens (including phenoxy) is 1. The van der Waals surface area contributed by atoms with E-state index < -0.39 is 12.0 Å². The zero-order chi connectivity index (χ0) is 19.7. The van der Waals surface area contributed by atoms with Gasteiger partial charge in [-0.05, 0) is 36.9 Å². The van der Waals surface area contributed by atoms with E-state index in [0.29, 0.717) is 20.6 Å². The van der Waals surface area contributed by atoms with Crippen LogP contribution in [0.2, 0.25) is 0 Å². The van der Waals surface area contributed by atoms with Gasteiger partial charge in [-0.1, -0.05) is 47.7 Å². The zero-order valence-electron chi connectivity index (χ0n) is 15.4. The van der Waals surface area contributed by atoms with Crippen LogP contribution in [0.3, 0.4) is 0 Å². The van der Waals surface area contributed by atoms with E-state index in [0.717, 1.165) is 10.4 Å². The predicted octanol–water partition coefficient (Wildman–Crippen LogP) is 2.86. The number of nitrogens with zero attached hydrogens (tertiary/aromatic N) is 2. The molecule has 1 aliphatic heterocycles. The fraction of sp³-hybridized carbons (Fsp3) is 0.190. The van der Waals surface area contributed by atoms with Gasteiger partial charge in [-0.25, -0.2) is 9.79 Å². The van der Waals surface area contributed by atoms with E-state index in [9.17, 15) is 9.59 Å². The number of thiophene rings is 1. The van der Waals surface area contributed by atoms with E-state index in [2.05, 4.69) is 4.99 Å². The molecule has 0 N–H and O–H groups in total. The van der Waals surface area contributed by atoms with Crippen molar-refractivity contribution in [2.45, 2.75) is 19.9 Å². The van der Waals surface area contributed by atoms with Crippen LogP contribution in [0.25, 0.3) is 6.08 Å². The predicted molar refractivity (Wildman–Crippen MR) is 111 cm³/mol. The number of esters is 1. The number of benzene rings is 1. The maximum atomic E-state index is 13.3. The molecule has 3 aromatic rings.